The number of aliphatic hydroxyl groups is 7. The van der Waals surface area contributed by atoms with Crippen LogP contribution in [0.3, 0.4) is 0 Å². The van der Waals surface area contributed by atoms with Gasteiger partial charge in [0.25, 0.3) is 0 Å². The van der Waals surface area contributed by atoms with E-state index in [0.717, 1.165) is 5.57 Å². The fourth-order valence-corrected chi connectivity index (χ4v) is 2.98. The highest BCUT2D eigenvalue weighted by Crippen LogP contribution is 2.24. The van der Waals surface area contributed by atoms with Crippen molar-refractivity contribution in [3.05, 3.63) is 23.3 Å². The van der Waals surface area contributed by atoms with Crippen molar-refractivity contribution in [3.8, 4) is 0 Å². The van der Waals surface area contributed by atoms with E-state index in [0.29, 0.717) is 18.4 Å². The maximum Gasteiger partial charge on any atom is 0.303 e. The molecule has 0 aliphatic rings. The van der Waals surface area contributed by atoms with E-state index >= 15 is 0 Å². The topological polar surface area (TPSA) is 177 Å². The van der Waals surface area contributed by atoms with Gasteiger partial charge in [-0.15, -0.1) is 0 Å². The summed E-state index contributed by atoms with van der Waals surface area (Å²) in [5.41, 5.74) is 0.269. The summed E-state index contributed by atoms with van der Waals surface area (Å²) < 4.78 is 10.5. The van der Waals surface area contributed by atoms with Gasteiger partial charge >= 0.3 is 5.97 Å². The summed E-state index contributed by atoms with van der Waals surface area (Å²) in [6, 6.07) is 0. The Morgan fingerprint density at radius 2 is 1.55 bits per heavy atom. The van der Waals surface area contributed by atoms with Crippen LogP contribution in [0.15, 0.2) is 23.3 Å². The van der Waals surface area contributed by atoms with Crippen LogP contribution in [0.1, 0.15) is 53.9 Å². The number of carbonyl (C=O) groups is 1. The molecule has 7 unspecified atom stereocenters. The first kappa shape index (κ1) is 31.6. The standard InChI is InChI=1S/C23H42O10/c1-14(2)7-6-9-23(5,31)20(28)11-19(33-16(4)25)15(3)8-10-32-13-18(27)22(30)21(29)17(26)12-24/h7-8,17-22,24,26-31H,6,9-13H2,1-5H3/b15-8+. The predicted molar refractivity (Wildman–Crippen MR) is 121 cm³/mol. The molecule has 0 aromatic rings. The first-order valence-corrected chi connectivity index (χ1v) is 11.0. The molecule has 0 amide bonds. The quantitative estimate of drug-likeness (QED) is 0.0874. The Morgan fingerprint density at radius 3 is 2.06 bits per heavy atom. The molecular weight excluding hydrogens is 436 g/mol. The monoisotopic (exact) mass is 478 g/mol. The van der Waals surface area contributed by atoms with E-state index in [4.69, 9.17) is 14.6 Å². The number of rotatable bonds is 16. The molecular formula is C23H42O10. The second-order valence-electron chi connectivity index (χ2n) is 8.81. The zero-order valence-corrected chi connectivity index (χ0v) is 20.2. The van der Waals surface area contributed by atoms with Gasteiger partial charge in [-0.3, -0.25) is 4.79 Å². The van der Waals surface area contributed by atoms with Crippen LogP contribution in [0.2, 0.25) is 0 Å². The summed E-state index contributed by atoms with van der Waals surface area (Å²) in [6.07, 6.45) is -4.15. The first-order chi connectivity index (χ1) is 15.2. The summed E-state index contributed by atoms with van der Waals surface area (Å²) in [5.74, 6) is -0.556. The normalized spacial score (nSPS) is 19.6. The molecule has 7 N–H and O–H groups in total. The number of hydrogen-bond donors (Lipinski definition) is 7. The minimum atomic E-state index is -1.75. The van der Waals surface area contributed by atoms with Crippen LogP contribution in [-0.2, 0) is 14.3 Å². The maximum atomic E-state index is 11.5. The molecule has 10 heteroatoms. The van der Waals surface area contributed by atoms with Gasteiger partial charge in [0.1, 0.15) is 30.5 Å². The molecule has 7 atom stereocenters. The molecule has 194 valence electrons. The Bertz CT molecular complexity index is 627. The SMILES string of the molecule is CC(=O)OC(CC(O)C(C)(O)CCC=C(C)C)/C(C)=C/COCC(O)C(O)C(O)C(O)CO. The molecule has 0 aliphatic heterocycles. The Labute approximate surface area is 195 Å². The van der Waals surface area contributed by atoms with E-state index in [1.807, 2.05) is 19.9 Å². The lowest BCUT2D eigenvalue weighted by atomic mass is 9.88. The molecule has 0 aromatic carbocycles. The molecule has 0 saturated carbocycles. The molecule has 0 aromatic heterocycles. The van der Waals surface area contributed by atoms with Gasteiger partial charge in [0.15, 0.2) is 0 Å². The van der Waals surface area contributed by atoms with Crippen molar-refractivity contribution in [3.63, 3.8) is 0 Å². The van der Waals surface area contributed by atoms with Gasteiger partial charge in [-0.1, -0.05) is 17.7 Å². The highest BCUT2D eigenvalue weighted by atomic mass is 16.5. The van der Waals surface area contributed by atoms with E-state index in [2.05, 4.69) is 0 Å². The smallest absolute Gasteiger partial charge is 0.303 e. The summed E-state index contributed by atoms with van der Waals surface area (Å²) in [7, 11) is 0. The fraction of sp³-hybridized carbons (Fsp3) is 0.783. The molecule has 10 nitrogen and oxygen atoms in total. The van der Waals surface area contributed by atoms with E-state index in [-0.39, 0.29) is 19.6 Å². The molecule has 0 radical (unpaired) electrons. The van der Waals surface area contributed by atoms with E-state index in [9.17, 15) is 35.4 Å². The zero-order chi connectivity index (χ0) is 25.8. The molecule has 0 saturated heterocycles. The number of carbonyl (C=O) groups excluding carboxylic acids is 1. The lowest BCUT2D eigenvalue weighted by molar-refractivity contribution is -0.148. The van der Waals surface area contributed by atoms with Crippen LogP contribution in [-0.4, -0.2) is 104 Å². The van der Waals surface area contributed by atoms with Gasteiger partial charge < -0.3 is 45.2 Å². The van der Waals surface area contributed by atoms with Gasteiger partial charge in [-0.05, 0) is 46.1 Å². The second kappa shape index (κ2) is 15.5. The summed E-state index contributed by atoms with van der Waals surface area (Å²) in [4.78, 5) is 11.5. The van der Waals surface area contributed by atoms with Crippen molar-refractivity contribution in [1.29, 1.82) is 0 Å². The molecule has 0 aliphatic carbocycles. The van der Waals surface area contributed by atoms with E-state index in [1.54, 1.807) is 13.0 Å². The average Bonchev–Trinajstić information content (AvgIpc) is 2.73. The van der Waals surface area contributed by atoms with Gasteiger partial charge in [-0.2, -0.15) is 0 Å². The molecule has 0 spiro atoms. The third-order valence-electron chi connectivity index (χ3n) is 5.31. The van der Waals surface area contributed by atoms with Gasteiger partial charge in [-0.25, -0.2) is 0 Å². The number of ether oxygens (including phenoxy) is 2. The van der Waals surface area contributed by atoms with Crippen LogP contribution in [0.25, 0.3) is 0 Å². The highest BCUT2D eigenvalue weighted by molar-refractivity contribution is 5.66. The average molecular weight is 479 g/mol. The zero-order valence-electron chi connectivity index (χ0n) is 20.2. The third kappa shape index (κ3) is 12.6. The number of hydrogen-bond acceptors (Lipinski definition) is 10. The van der Waals surface area contributed by atoms with Gasteiger partial charge in [0.05, 0.1) is 31.5 Å². The number of allylic oxidation sites excluding steroid dienone is 2. The van der Waals surface area contributed by atoms with Crippen molar-refractivity contribution in [2.45, 2.75) is 96.1 Å². The predicted octanol–water partition coefficient (Wildman–Crippen LogP) is -0.435. The fourth-order valence-electron chi connectivity index (χ4n) is 2.98. The third-order valence-corrected chi connectivity index (χ3v) is 5.31. The molecule has 0 rings (SSSR count). The van der Waals surface area contributed by atoms with Crippen LogP contribution in [0.4, 0.5) is 0 Å². The van der Waals surface area contributed by atoms with Crippen molar-refractivity contribution in [1.82, 2.24) is 0 Å². The number of esters is 1. The largest absolute Gasteiger partial charge is 0.458 e. The summed E-state index contributed by atoms with van der Waals surface area (Å²) in [6.45, 7) is 7.11. The van der Waals surface area contributed by atoms with E-state index < -0.39 is 54.8 Å². The van der Waals surface area contributed by atoms with Crippen molar-refractivity contribution in [2.75, 3.05) is 19.8 Å². The van der Waals surface area contributed by atoms with Crippen LogP contribution >= 0.6 is 0 Å². The minimum Gasteiger partial charge on any atom is -0.458 e. The Balaban J connectivity index is 4.93. The van der Waals surface area contributed by atoms with Crippen LogP contribution in [0.5, 0.6) is 0 Å². The van der Waals surface area contributed by atoms with Crippen LogP contribution in [0, 0.1) is 0 Å². The van der Waals surface area contributed by atoms with Crippen molar-refractivity contribution >= 4 is 5.97 Å². The second-order valence-corrected chi connectivity index (χ2v) is 8.81. The van der Waals surface area contributed by atoms with Gasteiger partial charge in [0, 0.05) is 13.3 Å². The van der Waals surface area contributed by atoms with Crippen molar-refractivity contribution < 1.29 is 50.0 Å². The summed E-state index contributed by atoms with van der Waals surface area (Å²) in [5, 5.41) is 68.5. The summed E-state index contributed by atoms with van der Waals surface area (Å²) >= 11 is 0. The molecule has 33 heavy (non-hydrogen) atoms. The molecule has 0 heterocycles. The van der Waals surface area contributed by atoms with Crippen molar-refractivity contribution in [2.24, 2.45) is 0 Å². The molecule has 0 fully saturated rings. The van der Waals surface area contributed by atoms with E-state index in [1.165, 1.54) is 13.8 Å². The Kier molecular flexibility index (Phi) is 14.9. The number of aliphatic hydroxyl groups excluding tert-OH is 6. The highest BCUT2D eigenvalue weighted by Gasteiger charge is 2.33. The maximum absolute atomic E-state index is 11.5. The first-order valence-electron chi connectivity index (χ1n) is 11.0. The minimum absolute atomic E-state index is 0.0314. The Hall–Kier alpha value is -1.37. The lowest BCUT2D eigenvalue weighted by Gasteiger charge is -2.31. The lowest BCUT2D eigenvalue weighted by Crippen LogP contribution is -2.47. The van der Waals surface area contributed by atoms with Crippen LogP contribution < -0.4 is 0 Å². The van der Waals surface area contributed by atoms with Gasteiger partial charge in [0.2, 0.25) is 0 Å². The Morgan fingerprint density at radius 1 is 0.970 bits per heavy atom. The molecule has 0 bridgehead atoms.